The molecule has 4 heterocycles. The Morgan fingerprint density at radius 2 is 2.06 bits per heavy atom. The highest BCUT2D eigenvalue weighted by atomic mass is 19.1. The average Bonchev–Trinajstić information content (AvgIpc) is 3.09. The number of aromatic nitrogens is 3. The zero-order valence-electron chi connectivity index (χ0n) is 17.9. The minimum Gasteiger partial charge on any atom is -0.487 e. The molecule has 1 N–H and O–H groups in total. The number of pyridine rings is 2. The predicted octanol–water partition coefficient (Wildman–Crippen LogP) is 3.48. The first-order chi connectivity index (χ1) is 15.9. The van der Waals surface area contributed by atoms with Crippen molar-refractivity contribution in [1.82, 2.24) is 19.0 Å². The predicted molar refractivity (Wildman–Crippen MR) is 119 cm³/mol. The molecule has 0 spiro atoms. The topological polar surface area (TPSA) is 89.6 Å². The fourth-order valence-electron chi connectivity index (χ4n) is 4.29. The van der Waals surface area contributed by atoms with Crippen molar-refractivity contribution in [2.75, 3.05) is 6.54 Å². The summed E-state index contributed by atoms with van der Waals surface area (Å²) in [6.07, 6.45) is 2.49. The lowest BCUT2D eigenvalue weighted by atomic mass is 10.0. The zero-order chi connectivity index (χ0) is 23.1. The number of nitrogens with zero attached hydrogens (tertiary/aromatic N) is 4. The molecule has 0 saturated heterocycles. The third-order valence-electron chi connectivity index (χ3n) is 6.00. The Morgan fingerprint density at radius 1 is 1.21 bits per heavy atom. The molecule has 1 amide bonds. The number of carbonyl (C=O) groups is 1. The summed E-state index contributed by atoms with van der Waals surface area (Å²) in [6.45, 7) is 0.946. The van der Waals surface area contributed by atoms with Gasteiger partial charge < -0.3 is 19.3 Å². The maximum absolute atomic E-state index is 13.0. The van der Waals surface area contributed by atoms with Crippen LogP contribution >= 0.6 is 0 Å². The minimum atomic E-state index is -0.918. The normalized spacial score (nSPS) is 13.2. The van der Waals surface area contributed by atoms with E-state index < -0.39 is 11.9 Å². The SMILES string of the molecule is Cn1c2c(c3ccc(-n4ccc(OCc5ccc(F)cn5)cc4=O)cc31)CN(C(=O)O)CC2. The van der Waals surface area contributed by atoms with Crippen LogP contribution in [0.1, 0.15) is 17.0 Å². The number of carboxylic acid groups (broad SMARTS) is 1. The Kier molecular flexibility index (Phi) is 5.08. The fraction of sp³-hybridized carbons (Fsp3) is 0.208. The molecule has 0 unspecified atom stereocenters. The molecular weight excluding hydrogens is 427 g/mol. The molecular formula is C24H21FN4O4. The van der Waals surface area contributed by atoms with E-state index in [1.165, 1.54) is 27.7 Å². The van der Waals surface area contributed by atoms with Gasteiger partial charge in [0.1, 0.15) is 18.2 Å². The molecule has 3 aromatic heterocycles. The van der Waals surface area contributed by atoms with Gasteiger partial charge in [0.05, 0.1) is 29.6 Å². The van der Waals surface area contributed by atoms with Crippen molar-refractivity contribution in [3.8, 4) is 11.4 Å². The third-order valence-corrected chi connectivity index (χ3v) is 6.00. The quantitative estimate of drug-likeness (QED) is 0.516. The molecule has 4 aromatic rings. The second kappa shape index (κ2) is 8.09. The molecule has 0 radical (unpaired) electrons. The number of amides is 1. The molecule has 1 aliphatic rings. The summed E-state index contributed by atoms with van der Waals surface area (Å²) in [5.74, 6) is -0.0249. The van der Waals surface area contributed by atoms with Gasteiger partial charge in [0, 0.05) is 48.9 Å². The van der Waals surface area contributed by atoms with Crippen molar-refractivity contribution in [1.29, 1.82) is 0 Å². The number of hydrogen-bond donors (Lipinski definition) is 1. The number of ether oxygens (including phenoxy) is 1. The van der Waals surface area contributed by atoms with Crippen LogP contribution in [-0.2, 0) is 26.6 Å². The van der Waals surface area contributed by atoms with Crippen LogP contribution in [0.5, 0.6) is 5.75 Å². The van der Waals surface area contributed by atoms with E-state index in [9.17, 15) is 19.1 Å². The minimum absolute atomic E-state index is 0.123. The van der Waals surface area contributed by atoms with Crippen LogP contribution in [0, 0.1) is 5.82 Å². The Morgan fingerprint density at radius 3 is 2.79 bits per heavy atom. The van der Waals surface area contributed by atoms with Gasteiger partial charge in [-0.2, -0.15) is 0 Å². The second-order valence-corrected chi connectivity index (χ2v) is 7.97. The second-order valence-electron chi connectivity index (χ2n) is 7.97. The Hall–Kier alpha value is -4.14. The molecule has 0 aliphatic carbocycles. The van der Waals surface area contributed by atoms with Crippen LogP contribution in [0.4, 0.5) is 9.18 Å². The number of aryl methyl sites for hydroxylation is 1. The number of rotatable bonds is 4. The summed E-state index contributed by atoms with van der Waals surface area (Å²) in [7, 11) is 1.96. The summed E-state index contributed by atoms with van der Waals surface area (Å²) in [5, 5.41) is 10.3. The van der Waals surface area contributed by atoms with Crippen molar-refractivity contribution in [3.05, 3.63) is 88.0 Å². The van der Waals surface area contributed by atoms with Gasteiger partial charge >= 0.3 is 6.09 Å². The molecule has 0 fully saturated rings. The lowest BCUT2D eigenvalue weighted by Gasteiger charge is -2.25. The van der Waals surface area contributed by atoms with Crippen LogP contribution in [0.3, 0.4) is 0 Å². The first-order valence-electron chi connectivity index (χ1n) is 10.4. The van der Waals surface area contributed by atoms with Gasteiger partial charge in [0.15, 0.2) is 0 Å². The monoisotopic (exact) mass is 448 g/mol. The standard InChI is InChI=1S/C24H21FN4O4/c1-27-21-7-8-28(24(31)32)13-20(21)19-5-4-17(10-22(19)27)29-9-6-18(11-23(29)30)33-14-16-3-2-15(25)12-26-16/h2-6,9-12H,7-8,13-14H2,1H3,(H,31,32). The number of halogens is 1. The molecule has 5 rings (SSSR count). The smallest absolute Gasteiger partial charge is 0.407 e. The fourth-order valence-corrected chi connectivity index (χ4v) is 4.29. The molecule has 1 aliphatic heterocycles. The van der Waals surface area contributed by atoms with E-state index in [0.717, 1.165) is 28.4 Å². The largest absolute Gasteiger partial charge is 0.487 e. The summed E-state index contributed by atoms with van der Waals surface area (Å²) in [6, 6.07) is 11.6. The van der Waals surface area contributed by atoms with E-state index in [1.54, 1.807) is 12.3 Å². The van der Waals surface area contributed by atoms with E-state index in [0.29, 0.717) is 36.6 Å². The van der Waals surface area contributed by atoms with Crippen LogP contribution in [0.15, 0.2) is 59.7 Å². The number of benzene rings is 1. The Bertz CT molecular complexity index is 1430. The molecule has 0 saturated carbocycles. The van der Waals surface area contributed by atoms with Gasteiger partial charge in [0.2, 0.25) is 0 Å². The molecule has 9 heteroatoms. The third kappa shape index (κ3) is 3.82. The van der Waals surface area contributed by atoms with Crippen molar-refractivity contribution in [2.24, 2.45) is 7.05 Å². The van der Waals surface area contributed by atoms with Crippen LogP contribution in [0.2, 0.25) is 0 Å². The first kappa shape index (κ1) is 20.7. The summed E-state index contributed by atoms with van der Waals surface area (Å²) in [5.41, 5.74) is 4.07. The molecule has 1 aromatic carbocycles. The Labute approximate surface area is 188 Å². The van der Waals surface area contributed by atoms with Gasteiger partial charge in [-0.15, -0.1) is 0 Å². The van der Waals surface area contributed by atoms with Crippen LogP contribution in [0.25, 0.3) is 16.6 Å². The van der Waals surface area contributed by atoms with E-state index in [-0.39, 0.29) is 12.2 Å². The van der Waals surface area contributed by atoms with E-state index in [4.69, 9.17) is 4.74 Å². The molecule has 168 valence electrons. The van der Waals surface area contributed by atoms with Gasteiger partial charge in [-0.1, -0.05) is 6.07 Å². The maximum Gasteiger partial charge on any atom is 0.407 e. The highest BCUT2D eigenvalue weighted by Gasteiger charge is 2.25. The van der Waals surface area contributed by atoms with Crippen LogP contribution in [-0.4, -0.2) is 36.8 Å². The van der Waals surface area contributed by atoms with E-state index in [1.807, 2.05) is 25.2 Å². The number of fused-ring (bicyclic) bond motifs is 3. The molecule has 33 heavy (non-hydrogen) atoms. The van der Waals surface area contributed by atoms with Gasteiger partial charge in [0.25, 0.3) is 5.56 Å². The van der Waals surface area contributed by atoms with Crippen molar-refractivity contribution >= 4 is 17.0 Å². The maximum atomic E-state index is 13.0. The first-order valence-corrected chi connectivity index (χ1v) is 10.4. The zero-order valence-corrected chi connectivity index (χ0v) is 17.9. The van der Waals surface area contributed by atoms with E-state index in [2.05, 4.69) is 9.55 Å². The van der Waals surface area contributed by atoms with E-state index >= 15 is 0 Å². The van der Waals surface area contributed by atoms with Gasteiger partial charge in [-0.3, -0.25) is 14.3 Å². The van der Waals surface area contributed by atoms with Gasteiger partial charge in [-0.05, 0) is 30.3 Å². The summed E-state index contributed by atoms with van der Waals surface area (Å²) >= 11 is 0. The highest BCUT2D eigenvalue weighted by Crippen LogP contribution is 2.31. The lowest BCUT2D eigenvalue weighted by Crippen LogP contribution is -2.34. The summed E-state index contributed by atoms with van der Waals surface area (Å²) in [4.78, 5) is 29.5. The highest BCUT2D eigenvalue weighted by molar-refractivity contribution is 5.88. The molecule has 0 atom stereocenters. The number of hydrogen-bond acceptors (Lipinski definition) is 4. The van der Waals surface area contributed by atoms with Crippen molar-refractivity contribution < 1.29 is 19.0 Å². The van der Waals surface area contributed by atoms with Crippen molar-refractivity contribution in [2.45, 2.75) is 19.6 Å². The lowest BCUT2D eigenvalue weighted by molar-refractivity contribution is 0.139. The Balaban J connectivity index is 1.42. The van der Waals surface area contributed by atoms with Crippen molar-refractivity contribution in [3.63, 3.8) is 0 Å². The summed E-state index contributed by atoms with van der Waals surface area (Å²) < 4.78 is 22.2. The molecule has 8 nitrogen and oxygen atoms in total. The molecule has 0 bridgehead atoms. The van der Waals surface area contributed by atoms with Crippen LogP contribution < -0.4 is 10.3 Å². The average molecular weight is 448 g/mol. The van der Waals surface area contributed by atoms with Gasteiger partial charge in [-0.25, -0.2) is 9.18 Å².